The van der Waals surface area contributed by atoms with Gasteiger partial charge in [0.25, 0.3) is 5.91 Å². The van der Waals surface area contributed by atoms with Gasteiger partial charge in [-0.2, -0.15) is 5.10 Å². The Morgan fingerprint density at radius 1 is 1.21 bits per heavy atom. The lowest BCUT2D eigenvalue weighted by atomic mass is 9.91. The molecular weight excluding hydrogens is 369 g/mol. The van der Waals surface area contributed by atoms with Crippen molar-refractivity contribution in [1.82, 2.24) is 15.1 Å². The number of para-hydroxylation sites is 1. The molecule has 4 rings (SSSR count). The van der Waals surface area contributed by atoms with Crippen molar-refractivity contribution in [2.24, 2.45) is 5.92 Å². The Kier molecular flexibility index (Phi) is 5.60. The Labute approximate surface area is 169 Å². The first-order chi connectivity index (χ1) is 14.1. The smallest absolute Gasteiger partial charge is 0.271 e. The Balaban J connectivity index is 1.38. The van der Waals surface area contributed by atoms with Gasteiger partial charge in [0.15, 0.2) is 0 Å². The number of piperidine rings is 1. The summed E-state index contributed by atoms with van der Waals surface area (Å²) in [6, 6.07) is 15.3. The minimum Gasteiger partial charge on any atom is -0.507 e. The van der Waals surface area contributed by atoms with Crippen LogP contribution in [0.4, 0.5) is 4.39 Å². The zero-order valence-electron chi connectivity index (χ0n) is 16.1. The highest BCUT2D eigenvalue weighted by atomic mass is 19.1. The molecule has 0 saturated carbocycles. The van der Waals surface area contributed by atoms with E-state index < -0.39 is 0 Å². The molecule has 1 aliphatic rings. The number of aromatic nitrogens is 2. The number of halogens is 1. The number of carbonyl (C=O) groups is 1. The van der Waals surface area contributed by atoms with Crippen LogP contribution in [0.3, 0.4) is 0 Å². The van der Waals surface area contributed by atoms with Gasteiger partial charge in [0.2, 0.25) is 0 Å². The number of hydrogen-bond donors (Lipinski definition) is 2. The fourth-order valence-electron chi connectivity index (χ4n) is 3.94. The van der Waals surface area contributed by atoms with E-state index in [-0.39, 0.29) is 17.5 Å². The molecular formula is C23H24FN3O2. The van der Waals surface area contributed by atoms with Crippen LogP contribution in [0.1, 0.15) is 35.3 Å². The van der Waals surface area contributed by atoms with E-state index in [0.717, 1.165) is 37.8 Å². The van der Waals surface area contributed by atoms with Crippen molar-refractivity contribution >= 4 is 5.91 Å². The van der Waals surface area contributed by atoms with E-state index in [1.165, 1.54) is 12.1 Å². The molecule has 2 aromatic carbocycles. The second kappa shape index (κ2) is 8.47. The van der Waals surface area contributed by atoms with Crippen molar-refractivity contribution in [3.8, 4) is 17.0 Å². The fourth-order valence-corrected chi connectivity index (χ4v) is 3.94. The number of benzene rings is 2. The number of likely N-dealkylation sites (tertiary alicyclic amines) is 1. The number of aromatic amines is 1. The Bertz CT molecular complexity index is 984. The number of H-pyrrole nitrogens is 1. The molecule has 1 amide bonds. The highest BCUT2D eigenvalue weighted by Crippen LogP contribution is 2.28. The van der Waals surface area contributed by atoms with E-state index in [9.17, 15) is 14.3 Å². The van der Waals surface area contributed by atoms with E-state index in [0.29, 0.717) is 29.4 Å². The number of aromatic hydroxyl groups is 1. The van der Waals surface area contributed by atoms with E-state index >= 15 is 0 Å². The first-order valence-electron chi connectivity index (χ1n) is 9.97. The number of nitrogens with one attached hydrogen (secondary N) is 1. The monoisotopic (exact) mass is 393 g/mol. The van der Waals surface area contributed by atoms with Crippen LogP contribution in [0, 0.1) is 11.7 Å². The molecule has 1 atom stereocenters. The summed E-state index contributed by atoms with van der Waals surface area (Å²) in [5, 5.41) is 17.0. The number of phenols is 1. The van der Waals surface area contributed by atoms with Crippen LogP contribution in [0.5, 0.6) is 5.75 Å². The van der Waals surface area contributed by atoms with Crippen molar-refractivity contribution < 1.29 is 14.3 Å². The fraction of sp³-hybridized carbons (Fsp3) is 0.304. The molecule has 6 heteroatoms. The summed E-state index contributed by atoms with van der Waals surface area (Å²) in [5.74, 6) is 0.284. The highest BCUT2D eigenvalue weighted by Gasteiger charge is 2.25. The van der Waals surface area contributed by atoms with Crippen molar-refractivity contribution in [3.05, 3.63) is 71.7 Å². The Morgan fingerprint density at radius 2 is 2.00 bits per heavy atom. The zero-order chi connectivity index (χ0) is 20.2. The van der Waals surface area contributed by atoms with E-state index in [1.807, 2.05) is 23.1 Å². The van der Waals surface area contributed by atoms with Crippen molar-refractivity contribution in [3.63, 3.8) is 0 Å². The Morgan fingerprint density at radius 3 is 2.79 bits per heavy atom. The maximum Gasteiger partial charge on any atom is 0.271 e. The maximum atomic E-state index is 13.0. The summed E-state index contributed by atoms with van der Waals surface area (Å²) >= 11 is 0. The molecule has 1 fully saturated rings. The maximum absolute atomic E-state index is 13.0. The molecule has 0 radical (unpaired) electrons. The summed E-state index contributed by atoms with van der Waals surface area (Å²) in [6.45, 7) is 1.45. The summed E-state index contributed by atoms with van der Waals surface area (Å²) in [4.78, 5) is 14.8. The van der Waals surface area contributed by atoms with E-state index in [1.54, 1.807) is 24.3 Å². The standard InChI is InChI=1S/C23H24FN3O2/c24-18-11-9-16(10-12-18)7-8-17-4-3-13-27(15-17)23(29)21-14-20(25-26-21)19-5-1-2-6-22(19)28/h1-2,5-6,9-12,14,17,28H,3-4,7-8,13,15H2,(H,25,26)/t17-/m0/s1. The van der Waals surface area contributed by atoms with Crippen LogP contribution < -0.4 is 0 Å². The van der Waals surface area contributed by atoms with Gasteiger partial charge in [-0.25, -0.2) is 4.39 Å². The van der Waals surface area contributed by atoms with E-state index in [2.05, 4.69) is 10.2 Å². The number of rotatable bonds is 5. The van der Waals surface area contributed by atoms with Crippen LogP contribution in [0.25, 0.3) is 11.3 Å². The van der Waals surface area contributed by atoms with Gasteiger partial charge >= 0.3 is 0 Å². The molecule has 150 valence electrons. The van der Waals surface area contributed by atoms with Crippen LogP contribution in [-0.2, 0) is 6.42 Å². The first kappa shape index (κ1) is 19.2. The number of hydrogen-bond acceptors (Lipinski definition) is 3. The van der Waals surface area contributed by atoms with Gasteiger partial charge in [0.1, 0.15) is 17.3 Å². The number of carbonyl (C=O) groups excluding carboxylic acids is 1. The molecule has 29 heavy (non-hydrogen) atoms. The molecule has 0 unspecified atom stereocenters. The third-order valence-electron chi connectivity index (χ3n) is 5.55. The molecule has 2 heterocycles. The second-order valence-electron chi connectivity index (χ2n) is 7.61. The molecule has 1 aromatic heterocycles. The SMILES string of the molecule is O=C(c1cc(-c2ccccc2O)n[nH]1)N1CCC[C@@H](CCc2ccc(F)cc2)C1. The van der Waals surface area contributed by atoms with Gasteiger partial charge in [0, 0.05) is 18.7 Å². The molecule has 3 aromatic rings. The van der Waals surface area contributed by atoms with Crippen LogP contribution in [0.2, 0.25) is 0 Å². The van der Waals surface area contributed by atoms with Crippen molar-refractivity contribution in [2.75, 3.05) is 13.1 Å². The van der Waals surface area contributed by atoms with Gasteiger partial charge in [-0.05, 0) is 67.5 Å². The van der Waals surface area contributed by atoms with Crippen LogP contribution in [-0.4, -0.2) is 39.2 Å². The van der Waals surface area contributed by atoms with Gasteiger partial charge in [0.05, 0.1) is 5.69 Å². The van der Waals surface area contributed by atoms with Gasteiger partial charge in [-0.3, -0.25) is 9.89 Å². The van der Waals surface area contributed by atoms with Gasteiger partial charge in [-0.15, -0.1) is 0 Å². The largest absolute Gasteiger partial charge is 0.507 e. The summed E-state index contributed by atoms with van der Waals surface area (Å²) in [5.41, 5.74) is 2.70. The molecule has 0 bridgehead atoms. The van der Waals surface area contributed by atoms with Gasteiger partial charge < -0.3 is 10.0 Å². The predicted octanol–water partition coefficient (Wildman–Crippen LogP) is 4.41. The average molecular weight is 393 g/mol. The lowest BCUT2D eigenvalue weighted by Crippen LogP contribution is -2.40. The molecule has 1 aliphatic heterocycles. The summed E-state index contributed by atoms with van der Waals surface area (Å²) in [6.07, 6.45) is 3.92. The summed E-state index contributed by atoms with van der Waals surface area (Å²) < 4.78 is 13.0. The zero-order valence-corrected chi connectivity index (χ0v) is 16.1. The van der Waals surface area contributed by atoms with E-state index in [4.69, 9.17) is 0 Å². The molecule has 5 nitrogen and oxygen atoms in total. The third-order valence-corrected chi connectivity index (χ3v) is 5.55. The minimum atomic E-state index is -0.217. The van der Waals surface area contributed by atoms with Crippen molar-refractivity contribution in [1.29, 1.82) is 0 Å². The molecule has 0 aliphatic carbocycles. The molecule has 1 saturated heterocycles. The lowest BCUT2D eigenvalue weighted by molar-refractivity contribution is 0.0662. The normalized spacial score (nSPS) is 16.7. The molecule has 0 spiro atoms. The second-order valence-corrected chi connectivity index (χ2v) is 7.61. The summed E-state index contributed by atoms with van der Waals surface area (Å²) in [7, 11) is 0. The third kappa shape index (κ3) is 4.47. The van der Waals surface area contributed by atoms with Crippen LogP contribution >= 0.6 is 0 Å². The lowest BCUT2D eigenvalue weighted by Gasteiger charge is -2.32. The quantitative estimate of drug-likeness (QED) is 0.675. The highest BCUT2D eigenvalue weighted by molar-refractivity contribution is 5.93. The number of phenolic OH excluding ortho intramolecular Hbond substituents is 1. The number of nitrogens with zero attached hydrogens (tertiary/aromatic N) is 2. The predicted molar refractivity (Wildman–Crippen MR) is 109 cm³/mol. The van der Waals surface area contributed by atoms with Crippen molar-refractivity contribution in [2.45, 2.75) is 25.7 Å². The Hall–Kier alpha value is -3.15. The average Bonchev–Trinajstić information content (AvgIpc) is 3.23. The first-order valence-corrected chi connectivity index (χ1v) is 9.97. The molecule has 2 N–H and O–H groups in total. The minimum absolute atomic E-state index is 0.0642. The number of aryl methyl sites for hydroxylation is 1. The van der Waals surface area contributed by atoms with Crippen LogP contribution in [0.15, 0.2) is 54.6 Å². The number of amides is 1. The van der Waals surface area contributed by atoms with Gasteiger partial charge in [-0.1, -0.05) is 24.3 Å². The topological polar surface area (TPSA) is 69.2 Å².